The van der Waals surface area contributed by atoms with Crippen molar-refractivity contribution in [3.63, 3.8) is 0 Å². The lowest BCUT2D eigenvalue weighted by Crippen LogP contribution is -2.16. The van der Waals surface area contributed by atoms with Gasteiger partial charge in [-0.3, -0.25) is 4.79 Å². The number of hydrogen-bond acceptors (Lipinski definition) is 4. The SMILES string of the molecule is COc1ccc(N(C)C)c(C(=O)CCN)c1. The van der Waals surface area contributed by atoms with Crippen molar-refractivity contribution in [2.24, 2.45) is 5.73 Å². The van der Waals surface area contributed by atoms with E-state index in [1.807, 2.05) is 31.1 Å². The molecule has 1 rings (SSSR count). The van der Waals surface area contributed by atoms with Gasteiger partial charge in [-0.2, -0.15) is 0 Å². The molecule has 0 bridgehead atoms. The van der Waals surface area contributed by atoms with Gasteiger partial charge in [0.1, 0.15) is 5.75 Å². The molecular weight excluding hydrogens is 204 g/mol. The van der Waals surface area contributed by atoms with Crippen molar-refractivity contribution in [1.82, 2.24) is 0 Å². The fourth-order valence-corrected chi connectivity index (χ4v) is 1.52. The predicted molar refractivity (Wildman–Crippen MR) is 65.3 cm³/mol. The summed E-state index contributed by atoms with van der Waals surface area (Å²) in [7, 11) is 5.39. The second-order valence-electron chi connectivity index (χ2n) is 3.74. The highest BCUT2D eigenvalue weighted by Gasteiger charge is 2.13. The number of rotatable bonds is 5. The minimum atomic E-state index is 0.0464. The first-order valence-corrected chi connectivity index (χ1v) is 5.18. The van der Waals surface area contributed by atoms with Gasteiger partial charge in [0.2, 0.25) is 0 Å². The lowest BCUT2D eigenvalue weighted by Gasteiger charge is -2.17. The Morgan fingerprint density at radius 1 is 1.44 bits per heavy atom. The summed E-state index contributed by atoms with van der Waals surface area (Å²) in [4.78, 5) is 13.8. The number of ether oxygens (including phenoxy) is 1. The van der Waals surface area contributed by atoms with E-state index < -0.39 is 0 Å². The molecule has 0 aliphatic carbocycles. The zero-order valence-electron chi connectivity index (χ0n) is 9.99. The Balaban J connectivity index is 3.14. The van der Waals surface area contributed by atoms with E-state index in [9.17, 15) is 4.79 Å². The van der Waals surface area contributed by atoms with Crippen LogP contribution in [0.2, 0.25) is 0 Å². The summed E-state index contributed by atoms with van der Waals surface area (Å²) < 4.78 is 5.12. The van der Waals surface area contributed by atoms with Gasteiger partial charge in [-0.15, -0.1) is 0 Å². The van der Waals surface area contributed by atoms with Gasteiger partial charge in [0.25, 0.3) is 0 Å². The van der Waals surface area contributed by atoms with Crippen LogP contribution in [0.25, 0.3) is 0 Å². The molecule has 0 unspecified atom stereocenters. The summed E-state index contributed by atoms with van der Waals surface area (Å²) in [5.74, 6) is 0.732. The molecule has 4 nitrogen and oxygen atoms in total. The second kappa shape index (κ2) is 5.51. The third-order valence-electron chi connectivity index (χ3n) is 2.36. The summed E-state index contributed by atoms with van der Waals surface area (Å²) in [5.41, 5.74) is 6.95. The highest BCUT2D eigenvalue weighted by Crippen LogP contribution is 2.25. The van der Waals surface area contributed by atoms with E-state index in [1.165, 1.54) is 0 Å². The third-order valence-corrected chi connectivity index (χ3v) is 2.36. The van der Waals surface area contributed by atoms with Gasteiger partial charge < -0.3 is 15.4 Å². The molecule has 0 saturated carbocycles. The van der Waals surface area contributed by atoms with Crippen molar-refractivity contribution in [2.75, 3.05) is 32.6 Å². The first-order valence-electron chi connectivity index (χ1n) is 5.18. The summed E-state index contributed by atoms with van der Waals surface area (Å²) in [5, 5.41) is 0. The maximum atomic E-state index is 11.9. The van der Waals surface area contributed by atoms with Crippen LogP contribution >= 0.6 is 0 Å². The van der Waals surface area contributed by atoms with Crippen molar-refractivity contribution < 1.29 is 9.53 Å². The Morgan fingerprint density at radius 3 is 2.62 bits per heavy atom. The van der Waals surface area contributed by atoms with Crippen LogP contribution in [-0.2, 0) is 0 Å². The number of benzene rings is 1. The normalized spacial score (nSPS) is 10.0. The molecule has 0 aliphatic heterocycles. The predicted octanol–water partition coefficient (Wildman–Crippen LogP) is 1.29. The highest BCUT2D eigenvalue weighted by atomic mass is 16.5. The molecule has 4 heteroatoms. The monoisotopic (exact) mass is 222 g/mol. The van der Waals surface area contributed by atoms with Gasteiger partial charge in [0.15, 0.2) is 5.78 Å². The number of Topliss-reactive ketones (excluding diaryl/α,β-unsaturated/α-hetero) is 1. The molecule has 1 aromatic carbocycles. The van der Waals surface area contributed by atoms with E-state index >= 15 is 0 Å². The molecule has 0 heterocycles. The second-order valence-corrected chi connectivity index (χ2v) is 3.74. The Morgan fingerprint density at radius 2 is 2.12 bits per heavy atom. The van der Waals surface area contributed by atoms with Crippen molar-refractivity contribution in [3.8, 4) is 5.75 Å². The van der Waals surface area contributed by atoms with Gasteiger partial charge in [-0.1, -0.05) is 0 Å². The number of carbonyl (C=O) groups is 1. The molecule has 0 amide bonds. The quantitative estimate of drug-likeness (QED) is 0.763. The third kappa shape index (κ3) is 2.73. The van der Waals surface area contributed by atoms with E-state index in [4.69, 9.17) is 10.5 Å². The number of nitrogens with two attached hydrogens (primary N) is 1. The Bertz CT molecular complexity index is 375. The van der Waals surface area contributed by atoms with Crippen molar-refractivity contribution in [1.29, 1.82) is 0 Å². The summed E-state index contributed by atoms with van der Waals surface area (Å²) in [6.45, 7) is 0.364. The molecule has 0 aromatic heterocycles. The van der Waals surface area contributed by atoms with Gasteiger partial charge in [-0.25, -0.2) is 0 Å². The standard InChI is InChI=1S/C12H18N2O2/c1-14(2)11-5-4-9(16-3)8-10(11)12(15)6-7-13/h4-5,8H,6-7,13H2,1-3H3. The van der Waals surface area contributed by atoms with Gasteiger partial charge in [0, 0.05) is 31.8 Å². The molecule has 0 radical (unpaired) electrons. The largest absolute Gasteiger partial charge is 0.497 e. The summed E-state index contributed by atoms with van der Waals surface area (Å²) in [6.07, 6.45) is 0.355. The molecule has 0 aliphatic rings. The average molecular weight is 222 g/mol. The summed E-state index contributed by atoms with van der Waals surface area (Å²) in [6, 6.07) is 5.48. The van der Waals surface area contributed by atoms with E-state index in [1.54, 1.807) is 13.2 Å². The Labute approximate surface area is 96.0 Å². The maximum Gasteiger partial charge on any atom is 0.166 e. The van der Waals surface area contributed by atoms with Crippen LogP contribution in [0.1, 0.15) is 16.8 Å². The number of hydrogen-bond donors (Lipinski definition) is 1. The lowest BCUT2D eigenvalue weighted by molar-refractivity contribution is 0.0985. The molecule has 0 fully saturated rings. The Hall–Kier alpha value is -1.55. The van der Waals surface area contributed by atoms with Gasteiger partial charge in [-0.05, 0) is 24.7 Å². The molecule has 0 spiro atoms. The molecule has 16 heavy (non-hydrogen) atoms. The summed E-state index contributed by atoms with van der Waals surface area (Å²) >= 11 is 0. The van der Waals surface area contributed by atoms with Crippen LogP contribution in [-0.4, -0.2) is 33.5 Å². The van der Waals surface area contributed by atoms with Crippen LogP contribution in [0.5, 0.6) is 5.75 Å². The fraction of sp³-hybridized carbons (Fsp3) is 0.417. The highest BCUT2D eigenvalue weighted by molar-refractivity contribution is 6.01. The zero-order valence-corrected chi connectivity index (χ0v) is 9.99. The smallest absolute Gasteiger partial charge is 0.166 e. The van der Waals surface area contributed by atoms with E-state index in [0.29, 0.717) is 24.3 Å². The topological polar surface area (TPSA) is 55.6 Å². The molecule has 0 saturated heterocycles. The van der Waals surface area contributed by atoms with E-state index in [0.717, 1.165) is 5.69 Å². The minimum absolute atomic E-state index is 0.0464. The zero-order chi connectivity index (χ0) is 12.1. The number of ketones is 1. The number of carbonyl (C=O) groups excluding carboxylic acids is 1. The van der Waals surface area contributed by atoms with Crippen LogP contribution in [0.3, 0.4) is 0 Å². The first kappa shape index (κ1) is 12.5. The maximum absolute atomic E-state index is 11.9. The molecule has 1 aromatic rings. The first-order chi connectivity index (χ1) is 7.60. The van der Waals surface area contributed by atoms with Crippen molar-refractivity contribution in [3.05, 3.63) is 23.8 Å². The van der Waals surface area contributed by atoms with Crippen LogP contribution in [0, 0.1) is 0 Å². The number of nitrogens with zero attached hydrogens (tertiary/aromatic N) is 1. The lowest BCUT2D eigenvalue weighted by atomic mass is 10.0. The molecule has 2 N–H and O–H groups in total. The fourth-order valence-electron chi connectivity index (χ4n) is 1.52. The number of methoxy groups -OCH3 is 1. The van der Waals surface area contributed by atoms with Crippen molar-refractivity contribution >= 4 is 11.5 Å². The minimum Gasteiger partial charge on any atom is -0.497 e. The average Bonchev–Trinajstić information content (AvgIpc) is 2.28. The van der Waals surface area contributed by atoms with Crippen LogP contribution in [0.4, 0.5) is 5.69 Å². The van der Waals surface area contributed by atoms with E-state index in [-0.39, 0.29) is 5.78 Å². The van der Waals surface area contributed by atoms with Gasteiger partial charge >= 0.3 is 0 Å². The number of anilines is 1. The van der Waals surface area contributed by atoms with Gasteiger partial charge in [0.05, 0.1) is 7.11 Å². The van der Waals surface area contributed by atoms with Crippen LogP contribution < -0.4 is 15.4 Å². The van der Waals surface area contributed by atoms with Crippen molar-refractivity contribution in [2.45, 2.75) is 6.42 Å². The van der Waals surface area contributed by atoms with Crippen LogP contribution in [0.15, 0.2) is 18.2 Å². The molecular formula is C12H18N2O2. The molecule has 0 atom stereocenters. The van der Waals surface area contributed by atoms with E-state index in [2.05, 4.69) is 0 Å². The molecule has 88 valence electrons. The Kier molecular flexibility index (Phi) is 4.31.